The zero-order valence-electron chi connectivity index (χ0n) is 21.7. The van der Waals surface area contributed by atoms with Gasteiger partial charge >= 0.3 is 6.09 Å². The second-order valence-electron chi connectivity index (χ2n) is 13.1. The van der Waals surface area contributed by atoms with E-state index in [4.69, 9.17) is 18.9 Å². The molecular weight excluding hydrogens is 446 g/mol. The van der Waals surface area contributed by atoms with Crippen molar-refractivity contribution in [2.45, 2.75) is 83.7 Å². The Kier molecular flexibility index (Phi) is 5.65. The standard InChI is InChI=1S/C28H43NO6/c1-18-19-6-9-28-21(14-19)27(17-33-24(31)29-10-12-32-13-11-29)8-5-7-26(4,16-30)20(27)15-22(28)34-25(2,3)35-23(18)28/h19-23,30H,1,5-17H2,2-4H3/t19-,20?,21?,22+,23-,26-,27-,28?/m0/s1. The van der Waals surface area contributed by atoms with Gasteiger partial charge in [-0.3, -0.25) is 0 Å². The molecule has 7 rings (SSSR count). The third-order valence-corrected chi connectivity index (χ3v) is 11.0. The van der Waals surface area contributed by atoms with E-state index in [1.165, 1.54) is 5.57 Å². The van der Waals surface area contributed by atoms with Crippen LogP contribution in [0.25, 0.3) is 0 Å². The molecule has 7 nitrogen and oxygen atoms in total. The third kappa shape index (κ3) is 3.40. The SMILES string of the molecule is C=C1[C@H]2CCC34C(C2)[C@]2(COC(=O)N5CCOCC5)CCC[C@@](C)(CO)C2C[C@H]3OC(C)(C)O[C@@H]14. The van der Waals surface area contributed by atoms with Crippen molar-refractivity contribution in [2.24, 2.45) is 34.0 Å². The van der Waals surface area contributed by atoms with Crippen LogP contribution in [0.3, 0.4) is 0 Å². The van der Waals surface area contributed by atoms with Gasteiger partial charge in [0.1, 0.15) is 0 Å². The number of aliphatic hydroxyl groups is 1. The summed E-state index contributed by atoms with van der Waals surface area (Å²) in [5.74, 6) is 0.342. The summed E-state index contributed by atoms with van der Waals surface area (Å²) in [6.07, 6.45) is 7.06. The van der Waals surface area contributed by atoms with Crippen molar-refractivity contribution in [3.05, 3.63) is 12.2 Å². The first kappa shape index (κ1) is 24.2. The Hall–Kier alpha value is -1.15. The van der Waals surface area contributed by atoms with E-state index in [0.29, 0.717) is 44.7 Å². The molecule has 5 aliphatic carbocycles. The zero-order chi connectivity index (χ0) is 24.6. The first-order valence-electron chi connectivity index (χ1n) is 13.8. The number of amides is 1. The normalized spacial score (nSPS) is 48.2. The maximum atomic E-state index is 13.1. The molecule has 7 aliphatic rings. The van der Waals surface area contributed by atoms with E-state index >= 15 is 0 Å². The lowest BCUT2D eigenvalue weighted by Crippen LogP contribution is -2.75. The van der Waals surface area contributed by atoms with Gasteiger partial charge in [-0.15, -0.1) is 0 Å². The van der Waals surface area contributed by atoms with E-state index in [2.05, 4.69) is 13.5 Å². The van der Waals surface area contributed by atoms with Crippen LogP contribution in [0, 0.1) is 34.0 Å². The lowest BCUT2D eigenvalue weighted by Gasteiger charge is -2.74. The Morgan fingerprint density at radius 2 is 1.89 bits per heavy atom. The van der Waals surface area contributed by atoms with Crippen LogP contribution in [0.2, 0.25) is 0 Å². The first-order valence-corrected chi connectivity index (χ1v) is 13.8. The summed E-state index contributed by atoms with van der Waals surface area (Å²) >= 11 is 0. The monoisotopic (exact) mass is 489 g/mol. The number of hydrogen-bond acceptors (Lipinski definition) is 6. The minimum atomic E-state index is -0.654. The minimum Gasteiger partial charge on any atom is -0.449 e. The molecule has 2 bridgehead atoms. The van der Waals surface area contributed by atoms with Gasteiger partial charge in [0, 0.05) is 30.5 Å². The van der Waals surface area contributed by atoms with Crippen LogP contribution in [0.5, 0.6) is 0 Å². The summed E-state index contributed by atoms with van der Waals surface area (Å²) in [5.41, 5.74) is 0.727. The molecule has 7 fully saturated rings. The Bertz CT molecular complexity index is 885. The maximum absolute atomic E-state index is 13.1. The van der Waals surface area contributed by atoms with Crippen molar-refractivity contribution < 1.29 is 28.8 Å². The fraction of sp³-hybridized carbons (Fsp3) is 0.893. The second kappa shape index (κ2) is 8.17. The number of morpholine rings is 1. The highest BCUT2D eigenvalue weighted by atomic mass is 16.7. The number of fused-ring (bicyclic) bond motifs is 2. The number of rotatable bonds is 3. The first-order chi connectivity index (χ1) is 16.7. The lowest BCUT2D eigenvalue weighted by molar-refractivity contribution is -0.397. The van der Waals surface area contributed by atoms with E-state index in [1.54, 1.807) is 4.90 Å². The summed E-state index contributed by atoms with van der Waals surface area (Å²) < 4.78 is 25.1. The topological polar surface area (TPSA) is 77.5 Å². The molecule has 1 spiro atoms. The lowest BCUT2D eigenvalue weighted by atomic mass is 9.35. The molecule has 0 aromatic carbocycles. The van der Waals surface area contributed by atoms with E-state index in [9.17, 15) is 9.90 Å². The molecule has 1 N–H and O–H groups in total. The predicted octanol–water partition coefficient (Wildman–Crippen LogP) is 4.14. The largest absolute Gasteiger partial charge is 0.449 e. The summed E-state index contributed by atoms with van der Waals surface area (Å²) in [7, 11) is 0. The molecule has 0 aromatic rings. The summed E-state index contributed by atoms with van der Waals surface area (Å²) in [4.78, 5) is 14.9. The van der Waals surface area contributed by atoms with Crippen molar-refractivity contribution in [3.63, 3.8) is 0 Å². The van der Waals surface area contributed by atoms with Crippen LogP contribution < -0.4 is 0 Å². The van der Waals surface area contributed by atoms with Gasteiger partial charge in [-0.25, -0.2) is 4.79 Å². The van der Waals surface area contributed by atoms with Crippen LogP contribution in [0.1, 0.15) is 65.7 Å². The van der Waals surface area contributed by atoms with Crippen LogP contribution in [0.4, 0.5) is 4.79 Å². The second-order valence-corrected chi connectivity index (χ2v) is 13.1. The molecule has 5 saturated carbocycles. The van der Waals surface area contributed by atoms with Crippen molar-refractivity contribution in [2.75, 3.05) is 39.5 Å². The molecular formula is C28H43NO6. The van der Waals surface area contributed by atoms with Crippen molar-refractivity contribution in [1.82, 2.24) is 4.90 Å². The number of ether oxygens (including phenoxy) is 4. The summed E-state index contributed by atoms with van der Waals surface area (Å²) in [6, 6.07) is 0. The molecule has 35 heavy (non-hydrogen) atoms. The highest BCUT2D eigenvalue weighted by Crippen LogP contribution is 2.74. The highest BCUT2D eigenvalue weighted by Gasteiger charge is 2.74. The molecule has 8 atom stereocenters. The smallest absolute Gasteiger partial charge is 0.409 e. The number of hydrogen-bond donors (Lipinski definition) is 1. The van der Waals surface area contributed by atoms with E-state index < -0.39 is 5.79 Å². The zero-order valence-corrected chi connectivity index (χ0v) is 21.7. The molecule has 2 saturated heterocycles. The Morgan fingerprint density at radius 3 is 2.63 bits per heavy atom. The van der Waals surface area contributed by atoms with Gasteiger partial charge < -0.3 is 29.0 Å². The van der Waals surface area contributed by atoms with Gasteiger partial charge in [0.2, 0.25) is 0 Å². The van der Waals surface area contributed by atoms with Gasteiger partial charge in [-0.05, 0) is 81.1 Å². The number of aliphatic hydroxyl groups excluding tert-OH is 1. The molecule has 3 unspecified atom stereocenters. The van der Waals surface area contributed by atoms with Crippen LogP contribution in [-0.2, 0) is 18.9 Å². The molecule has 7 heteroatoms. The molecule has 2 aliphatic heterocycles. The van der Waals surface area contributed by atoms with Crippen molar-refractivity contribution >= 4 is 6.09 Å². The molecule has 1 amide bonds. The van der Waals surface area contributed by atoms with Crippen molar-refractivity contribution in [3.8, 4) is 0 Å². The molecule has 0 radical (unpaired) electrons. The quantitative estimate of drug-likeness (QED) is 0.601. The number of nitrogens with zero attached hydrogens (tertiary/aromatic N) is 1. The maximum Gasteiger partial charge on any atom is 0.409 e. The fourth-order valence-corrected chi connectivity index (χ4v) is 9.48. The van der Waals surface area contributed by atoms with Crippen LogP contribution in [0.15, 0.2) is 12.2 Å². The highest BCUT2D eigenvalue weighted by molar-refractivity contribution is 5.67. The van der Waals surface area contributed by atoms with Crippen molar-refractivity contribution in [1.29, 1.82) is 0 Å². The average Bonchev–Trinajstić information content (AvgIpc) is 2.85. The minimum absolute atomic E-state index is 0.0103. The van der Waals surface area contributed by atoms with E-state index in [0.717, 1.165) is 44.9 Å². The summed E-state index contributed by atoms with van der Waals surface area (Å²) in [6.45, 7) is 13.7. The Balaban J connectivity index is 1.40. The Morgan fingerprint density at radius 1 is 1.11 bits per heavy atom. The van der Waals surface area contributed by atoms with Crippen LogP contribution >= 0.6 is 0 Å². The molecule has 196 valence electrons. The van der Waals surface area contributed by atoms with Gasteiger partial charge in [0.15, 0.2) is 5.79 Å². The molecule has 0 aromatic heterocycles. The van der Waals surface area contributed by atoms with Gasteiger partial charge in [-0.1, -0.05) is 19.9 Å². The summed E-state index contributed by atoms with van der Waals surface area (Å²) in [5, 5.41) is 10.7. The third-order valence-electron chi connectivity index (χ3n) is 11.0. The van der Waals surface area contributed by atoms with E-state index in [-0.39, 0.29) is 47.1 Å². The van der Waals surface area contributed by atoms with Gasteiger partial charge in [-0.2, -0.15) is 0 Å². The Labute approximate surface area is 209 Å². The average molecular weight is 490 g/mol. The predicted molar refractivity (Wildman–Crippen MR) is 130 cm³/mol. The van der Waals surface area contributed by atoms with Crippen LogP contribution in [-0.4, -0.2) is 73.6 Å². The molecule has 2 heterocycles. The fourth-order valence-electron chi connectivity index (χ4n) is 9.48. The van der Waals surface area contributed by atoms with Gasteiger partial charge in [0.25, 0.3) is 0 Å². The van der Waals surface area contributed by atoms with E-state index in [1.807, 2.05) is 13.8 Å². The van der Waals surface area contributed by atoms with Gasteiger partial charge in [0.05, 0.1) is 32.0 Å². The number of carbonyl (C=O) groups is 1. The number of carbonyl (C=O) groups excluding carboxylic acids is 1.